The van der Waals surface area contributed by atoms with E-state index >= 15 is 0 Å². The summed E-state index contributed by atoms with van der Waals surface area (Å²) >= 11 is 0. The number of para-hydroxylation sites is 1. The van der Waals surface area contributed by atoms with Gasteiger partial charge < -0.3 is 0 Å². The van der Waals surface area contributed by atoms with E-state index in [0.717, 1.165) is 0 Å². The van der Waals surface area contributed by atoms with Gasteiger partial charge in [0.1, 0.15) is 5.69 Å². The molecule has 0 aliphatic rings. The maximum atomic E-state index is 13.8. The summed E-state index contributed by atoms with van der Waals surface area (Å²) in [5, 5.41) is 7.81. The first-order valence-corrected chi connectivity index (χ1v) is 9.43. The summed E-state index contributed by atoms with van der Waals surface area (Å²) in [5.74, 6) is -11.4. The molecule has 0 aliphatic carbocycles. The van der Waals surface area contributed by atoms with Crippen LogP contribution < -0.4 is 5.43 Å². The number of halogens is 5. The smallest absolute Gasteiger partial charge is 0.267 e. The van der Waals surface area contributed by atoms with Crippen LogP contribution in [0.5, 0.6) is 0 Å². The highest BCUT2D eigenvalue weighted by Crippen LogP contribution is 2.24. The monoisotopic (exact) mass is 456 g/mol. The highest BCUT2D eigenvalue weighted by molar-refractivity contribution is 6.00. The minimum Gasteiger partial charge on any atom is -0.267 e. The van der Waals surface area contributed by atoms with E-state index in [9.17, 15) is 26.7 Å². The molecule has 1 amide bonds. The van der Waals surface area contributed by atoms with Gasteiger partial charge in [-0.3, -0.25) is 4.79 Å². The average Bonchev–Trinajstić information content (AvgIpc) is 3.30. The predicted octanol–water partition coefficient (Wildman–Crippen LogP) is 5.00. The van der Waals surface area contributed by atoms with E-state index in [2.05, 4.69) is 10.2 Å². The number of aromatic nitrogens is 2. The van der Waals surface area contributed by atoms with Gasteiger partial charge in [-0.25, -0.2) is 32.1 Å². The second-order valence-corrected chi connectivity index (χ2v) is 6.72. The summed E-state index contributed by atoms with van der Waals surface area (Å²) in [6.45, 7) is 0. The van der Waals surface area contributed by atoms with Gasteiger partial charge in [-0.15, -0.1) is 0 Å². The van der Waals surface area contributed by atoms with Crippen LogP contribution in [0.2, 0.25) is 0 Å². The van der Waals surface area contributed by atoms with Gasteiger partial charge in [-0.2, -0.15) is 10.2 Å². The number of rotatable bonds is 5. The molecule has 0 unspecified atom stereocenters. The van der Waals surface area contributed by atoms with Crippen LogP contribution in [0.15, 0.2) is 72.0 Å². The van der Waals surface area contributed by atoms with E-state index in [4.69, 9.17) is 0 Å². The minimum atomic E-state index is -2.29. The summed E-state index contributed by atoms with van der Waals surface area (Å²) < 4.78 is 68.9. The van der Waals surface area contributed by atoms with E-state index in [1.54, 1.807) is 54.6 Å². The molecule has 5 nitrogen and oxygen atoms in total. The zero-order valence-electron chi connectivity index (χ0n) is 16.6. The molecule has 166 valence electrons. The molecule has 10 heteroatoms. The number of nitrogens with one attached hydrogen (secondary N) is 1. The van der Waals surface area contributed by atoms with Crippen molar-refractivity contribution in [3.05, 3.63) is 107 Å². The van der Waals surface area contributed by atoms with E-state index in [0.29, 0.717) is 23.2 Å². The molecule has 0 spiro atoms. The zero-order chi connectivity index (χ0) is 23.5. The van der Waals surface area contributed by atoms with Crippen LogP contribution in [0.4, 0.5) is 22.0 Å². The number of hydrazone groups is 1. The number of hydrogen-bond acceptors (Lipinski definition) is 3. The Bertz CT molecular complexity index is 1330. The van der Waals surface area contributed by atoms with Crippen molar-refractivity contribution < 1.29 is 26.7 Å². The number of carbonyl (C=O) groups is 1. The number of amides is 1. The van der Waals surface area contributed by atoms with Gasteiger partial charge in [0.05, 0.1) is 23.0 Å². The molecule has 0 bridgehead atoms. The Balaban J connectivity index is 1.67. The number of benzene rings is 3. The van der Waals surface area contributed by atoms with Gasteiger partial charge in [-0.1, -0.05) is 48.5 Å². The second kappa shape index (κ2) is 9.03. The molecule has 1 heterocycles. The van der Waals surface area contributed by atoms with Crippen LogP contribution in [0.3, 0.4) is 0 Å². The predicted molar refractivity (Wildman–Crippen MR) is 110 cm³/mol. The summed E-state index contributed by atoms with van der Waals surface area (Å²) in [5.41, 5.74) is 2.39. The molecule has 1 aromatic heterocycles. The van der Waals surface area contributed by atoms with Crippen molar-refractivity contribution in [2.45, 2.75) is 0 Å². The fraction of sp³-hybridized carbons (Fsp3) is 0. The molecule has 0 aliphatic heterocycles. The van der Waals surface area contributed by atoms with E-state index in [1.807, 2.05) is 11.5 Å². The molecule has 3 aromatic carbocycles. The van der Waals surface area contributed by atoms with Gasteiger partial charge in [-0.05, 0) is 12.1 Å². The zero-order valence-corrected chi connectivity index (χ0v) is 16.6. The van der Waals surface area contributed by atoms with Gasteiger partial charge in [0.2, 0.25) is 5.82 Å². The molecule has 4 rings (SSSR count). The van der Waals surface area contributed by atoms with Crippen molar-refractivity contribution >= 4 is 12.1 Å². The van der Waals surface area contributed by atoms with Crippen molar-refractivity contribution in [2.75, 3.05) is 0 Å². The Morgan fingerprint density at radius 2 is 1.36 bits per heavy atom. The third kappa shape index (κ3) is 4.22. The van der Waals surface area contributed by atoms with Crippen LogP contribution >= 0.6 is 0 Å². The number of nitrogens with zero attached hydrogens (tertiary/aromatic N) is 3. The molecule has 0 fully saturated rings. The molecule has 4 aromatic rings. The Morgan fingerprint density at radius 3 is 1.97 bits per heavy atom. The highest BCUT2D eigenvalue weighted by Gasteiger charge is 2.25. The average molecular weight is 456 g/mol. The van der Waals surface area contributed by atoms with E-state index in [-0.39, 0.29) is 5.56 Å². The normalized spacial score (nSPS) is 11.2. The molecule has 0 saturated heterocycles. The molecular formula is C23H13F5N4O. The van der Waals surface area contributed by atoms with Gasteiger partial charge in [0, 0.05) is 11.8 Å². The van der Waals surface area contributed by atoms with Gasteiger partial charge in [0.25, 0.3) is 5.91 Å². The maximum absolute atomic E-state index is 13.8. The van der Waals surface area contributed by atoms with E-state index in [1.165, 1.54) is 10.9 Å². The highest BCUT2D eigenvalue weighted by atomic mass is 19.2. The molecule has 33 heavy (non-hydrogen) atoms. The SMILES string of the molecule is O=C(N/N=C/c1c(F)c(F)c(F)c(F)c1F)c1cn(-c2ccccc2)nc1-c1ccccc1. The second-order valence-electron chi connectivity index (χ2n) is 6.72. The molecule has 0 radical (unpaired) electrons. The molecular weight excluding hydrogens is 443 g/mol. The molecule has 0 saturated carbocycles. The fourth-order valence-electron chi connectivity index (χ4n) is 3.01. The molecule has 1 N–H and O–H groups in total. The van der Waals surface area contributed by atoms with Gasteiger partial charge in [0.15, 0.2) is 23.3 Å². The maximum Gasteiger partial charge on any atom is 0.275 e. The summed E-state index contributed by atoms with van der Waals surface area (Å²) in [7, 11) is 0. The lowest BCUT2D eigenvalue weighted by Gasteiger charge is -2.04. The first-order chi connectivity index (χ1) is 15.9. The van der Waals surface area contributed by atoms with Crippen molar-refractivity contribution in [3.8, 4) is 16.9 Å². The lowest BCUT2D eigenvalue weighted by atomic mass is 10.1. The minimum absolute atomic E-state index is 0.0691. The number of carbonyl (C=O) groups excluding carboxylic acids is 1. The van der Waals surface area contributed by atoms with Gasteiger partial charge >= 0.3 is 0 Å². The Hall–Kier alpha value is -4.34. The summed E-state index contributed by atoms with van der Waals surface area (Å²) in [4.78, 5) is 12.8. The van der Waals surface area contributed by atoms with Crippen LogP contribution in [0.1, 0.15) is 15.9 Å². The lowest BCUT2D eigenvalue weighted by molar-refractivity contribution is 0.0955. The third-order valence-corrected chi connectivity index (χ3v) is 4.63. The Labute approximate surface area is 183 Å². The van der Waals surface area contributed by atoms with Crippen molar-refractivity contribution in [1.29, 1.82) is 0 Å². The first kappa shape index (κ1) is 21.9. The van der Waals surface area contributed by atoms with Crippen molar-refractivity contribution in [3.63, 3.8) is 0 Å². The van der Waals surface area contributed by atoms with Crippen LogP contribution in [0, 0.1) is 29.1 Å². The third-order valence-electron chi connectivity index (χ3n) is 4.63. The lowest BCUT2D eigenvalue weighted by Crippen LogP contribution is -2.18. The quantitative estimate of drug-likeness (QED) is 0.151. The topological polar surface area (TPSA) is 59.3 Å². The van der Waals surface area contributed by atoms with Crippen LogP contribution in [0.25, 0.3) is 16.9 Å². The number of hydrogen-bond donors (Lipinski definition) is 1. The van der Waals surface area contributed by atoms with E-state index < -0.39 is 40.6 Å². The van der Waals surface area contributed by atoms with Crippen molar-refractivity contribution in [2.24, 2.45) is 5.10 Å². The fourth-order valence-corrected chi connectivity index (χ4v) is 3.01. The standard InChI is InChI=1S/C23H13F5N4O/c24-17-15(18(25)20(27)21(28)19(17)26)11-29-30-23(33)16-12-32(14-9-5-2-6-10-14)31-22(16)13-7-3-1-4-8-13/h1-12H,(H,30,33)/b29-11+. The molecule has 0 atom stereocenters. The summed E-state index contributed by atoms with van der Waals surface area (Å²) in [6, 6.07) is 17.7. The van der Waals surface area contributed by atoms with Crippen LogP contribution in [-0.2, 0) is 0 Å². The van der Waals surface area contributed by atoms with Crippen molar-refractivity contribution in [1.82, 2.24) is 15.2 Å². The first-order valence-electron chi connectivity index (χ1n) is 9.43. The summed E-state index contributed by atoms with van der Waals surface area (Å²) in [6.07, 6.45) is 1.78. The van der Waals surface area contributed by atoms with Crippen LogP contribution in [-0.4, -0.2) is 21.9 Å². The largest absolute Gasteiger partial charge is 0.275 e. The Kier molecular flexibility index (Phi) is 5.99. The Morgan fingerprint density at radius 1 is 0.818 bits per heavy atom.